The summed E-state index contributed by atoms with van der Waals surface area (Å²) in [6.45, 7) is 3.73. The summed E-state index contributed by atoms with van der Waals surface area (Å²) in [5, 5.41) is 17.2. The highest BCUT2D eigenvalue weighted by molar-refractivity contribution is 5.82. The number of aromatic nitrogens is 2. The zero-order chi connectivity index (χ0) is 13.5. The van der Waals surface area contributed by atoms with Gasteiger partial charge in [-0.25, -0.2) is 9.59 Å². The molecule has 0 bridgehead atoms. The van der Waals surface area contributed by atoms with Gasteiger partial charge < -0.3 is 20.3 Å². The second-order valence-corrected chi connectivity index (χ2v) is 4.05. The standard InChI is InChI=1S/C10H16N4O4/c1-6(2)8(9(15)16)14-10(17)11-4-3-7-12-5-13-18-7/h5-6,8H,3-4H2,1-2H3,(H,15,16)(H2,11,14,17)/t8-/m0/s1. The highest BCUT2D eigenvalue weighted by Crippen LogP contribution is 2.01. The molecule has 100 valence electrons. The molecule has 0 saturated heterocycles. The SMILES string of the molecule is CC(C)[C@H](NC(=O)NCCc1ncno1)C(=O)O. The van der Waals surface area contributed by atoms with Gasteiger partial charge in [0, 0.05) is 13.0 Å². The minimum absolute atomic E-state index is 0.191. The van der Waals surface area contributed by atoms with Crippen molar-refractivity contribution in [3.8, 4) is 0 Å². The van der Waals surface area contributed by atoms with E-state index in [4.69, 9.17) is 9.63 Å². The molecule has 1 rings (SSSR count). The fourth-order valence-corrected chi connectivity index (χ4v) is 1.29. The lowest BCUT2D eigenvalue weighted by molar-refractivity contribution is -0.140. The van der Waals surface area contributed by atoms with Gasteiger partial charge in [0.05, 0.1) is 0 Å². The van der Waals surface area contributed by atoms with Gasteiger partial charge in [-0.3, -0.25) is 0 Å². The number of carbonyl (C=O) groups is 2. The van der Waals surface area contributed by atoms with Crippen LogP contribution >= 0.6 is 0 Å². The van der Waals surface area contributed by atoms with Crippen molar-refractivity contribution in [2.24, 2.45) is 5.92 Å². The predicted octanol–water partition coefficient (Wildman–Crippen LogP) is 0.0205. The number of amides is 2. The van der Waals surface area contributed by atoms with Gasteiger partial charge in [0.15, 0.2) is 6.33 Å². The monoisotopic (exact) mass is 256 g/mol. The number of carbonyl (C=O) groups excluding carboxylic acids is 1. The number of carboxylic acids is 1. The molecule has 2 amide bonds. The number of nitrogens with zero attached hydrogens (tertiary/aromatic N) is 2. The Hall–Kier alpha value is -2.12. The molecular weight excluding hydrogens is 240 g/mol. The van der Waals surface area contributed by atoms with Crippen LogP contribution in [0.1, 0.15) is 19.7 Å². The van der Waals surface area contributed by atoms with Crippen molar-refractivity contribution < 1.29 is 19.2 Å². The minimum Gasteiger partial charge on any atom is -0.480 e. The van der Waals surface area contributed by atoms with Crippen LogP contribution < -0.4 is 10.6 Å². The molecule has 1 heterocycles. The normalized spacial score (nSPS) is 12.2. The van der Waals surface area contributed by atoms with Crippen molar-refractivity contribution in [2.75, 3.05) is 6.54 Å². The summed E-state index contributed by atoms with van der Waals surface area (Å²) in [5.74, 6) is -0.838. The third kappa shape index (κ3) is 4.40. The number of rotatable bonds is 6. The predicted molar refractivity (Wildman–Crippen MR) is 60.8 cm³/mol. The molecule has 0 aliphatic carbocycles. The number of aliphatic carboxylic acids is 1. The van der Waals surface area contributed by atoms with E-state index in [0.29, 0.717) is 18.9 Å². The fraction of sp³-hybridized carbons (Fsp3) is 0.600. The first-order chi connectivity index (χ1) is 8.50. The molecular formula is C10H16N4O4. The van der Waals surface area contributed by atoms with E-state index in [1.807, 2.05) is 0 Å². The van der Waals surface area contributed by atoms with Crippen molar-refractivity contribution in [3.05, 3.63) is 12.2 Å². The molecule has 0 aliphatic heterocycles. The number of hydrogen-bond acceptors (Lipinski definition) is 5. The molecule has 18 heavy (non-hydrogen) atoms. The first-order valence-electron chi connectivity index (χ1n) is 5.53. The van der Waals surface area contributed by atoms with E-state index in [1.54, 1.807) is 13.8 Å². The Balaban J connectivity index is 2.30. The largest absolute Gasteiger partial charge is 0.480 e. The second-order valence-electron chi connectivity index (χ2n) is 4.05. The quantitative estimate of drug-likeness (QED) is 0.660. The van der Waals surface area contributed by atoms with Crippen LogP contribution in [0.15, 0.2) is 10.9 Å². The molecule has 1 aromatic heterocycles. The lowest BCUT2D eigenvalue weighted by Crippen LogP contribution is -2.48. The van der Waals surface area contributed by atoms with Crippen molar-refractivity contribution in [1.29, 1.82) is 0 Å². The molecule has 8 nitrogen and oxygen atoms in total. The maximum absolute atomic E-state index is 11.4. The van der Waals surface area contributed by atoms with Crippen LogP contribution in [0.2, 0.25) is 0 Å². The van der Waals surface area contributed by atoms with Crippen LogP contribution in [0.25, 0.3) is 0 Å². The molecule has 0 spiro atoms. The fourth-order valence-electron chi connectivity index (χ4n) is 1.29. The van der Waals surface area contributed by atoms with E-state index < -0.39 is 18.0 Å². The van der Waals surface area contributed by atoms with Gasteiger partial charge in [0.25, 0.3) is 0 Å². The van der Waals surface area contributed by atoms with Gasteiger partial charge in [-0.15, -0.1) is 0 Å². The molecule has 3 N–H and O–H groups in total. The molecule has 0 saturated carbocycles. The molecule has 0 aliphatic rings. The van der Waals surface area contributed by atoms with Crippen LogP contribution in [0, 0.1) is 5.92 Å². The van der Waals surface area contributed by atoms with E-state index in [2.05, 4.69) is 20.8 Å². The van der Waals surface area contributed by atoms with E-state index in [1.165, 1.54) is 6.33 Å². The highest BCUT2D eigenvalue weighted by Gasteiger charge is 2.23. The minimum atomic E-state index is -1.06. The topological polar surface area (TPSA) is 117 Å². The highest BCUT2D eigenvalue weighted by atomic mass is 16.5. The van der Waals surface area contributed by atoms with E-state index >= 15 is 0 Å². The van der Waals surface area contributed by atoms with E-state index in [0.717, 1.165) is 0 Å². The number of hydrogen-bond donors (Lipinski definition) is 3. The lowest BCUT2D eigenvalue weighted by atomic mass is 10.1. The maximum Gasteiger partial charge on any atom is 0.326 e. The zero-order valence-electron chi connectivity index (χ0n) is 10.2. The molecule has 0 radical (unpaired) electrons. The summed E-state index contributed by atoms with van der Waals surface area (Å²) < 4.78 is 4.75. The Morgan fingerprint density at radius 3 is 2.72 bits per heavy atom. The summed E-state index contributed by atoms with van der Waals surface area (Å²) in [6.07, 6.45) is 1.67. The second kappa shape index (κ2) is 6.58. The van der Waals surface area contributed by atoms with Gasteiger partial charge >= 0.3 is 12.0 Å². The van der Waals surface area contributed by atoms with Gasteiger partial charge in [-0.1, -0.05) is 19.0 Å². The summed E-state index contributed by atoms with van der Waals surface area (Å²) in [5.41, 5.74) is 0. The Kier molecular flexibility index (Phi) is 5.09. The van der Waals surface area contributed by atoms with E-state index in [9.17, 15) is 9.59 Å². The first-order valence-corrected chi connectivity index (χ1v) is 5.53. The third-order valence-corrected chi connectivity index (χ3v) is 2.25. The van der Waals surface area contributed by atoms with Gasteiger partial charge in [-0.05, 0) is 5.92 Å². The number of nitrogens with one attached hydrogen (secondary N) is 2. The Morgan fingerprint density at radius 2 is 2.22 bits per heavy atom. The van der Waals surface area contributed by atoms with Crippen molar-refractivity contribution >= 4 is 12.0 Å². The lowest BCUT2D eigenvalue weighted by Gasteiger charge is -2.17. The first kappa shape index (κ1) is 13.9. The molecule has 1 aromatic rings. The van der Waals surface area contributed by atoms with Crippen molar-refractivity contribution in [1.82, 2.24) is 20.8 Å². The van der Waals surface area contributed by atoms with Crippen molar-refractivity contribution in [3.63, 3.8) is 0 Å². The number of carboxylic acid groups (broad SMARTS) is 1. The van der Waals surface area contributed by atoms with E-state index in [-0.39, 0.29) is 5.92 Å². The zero-order valence-corrected chi connectivity index (χ0v) is 10.2. The Bertz CT molecular complexity index is 391. The summed E-state index contributed by atoms with van der Waals surface area (Å²) >= 11 is 0. The molecule has 1 atom stereocenters. The summed E-state index contributed by atoms with van der Waals surface area (Å²) in [7, 11) is 0. The third-order valence-electron chi connectivity index (χ3n) is 2.25. The Labute approximate surface area is 104 Å². The smallest absolute Gasteiger partial charge is 0.326 e. The Morgan fingerprint density at radius 1 is 1.50 bits per heavy atom. The number of urea groups is 1. The summed E-state index contributed by atoms with van der Waals surface area (Å²) in [4.78, 5) is 26.1. The van der Waals surface area contributed by atoms with Gasteiger partial charge in [-0.2, -0.15) is 4.98 Å². The van der Waals surface area contributed by atoms with Crippen LogP contribution in [0.5, 0.6) is 0 Å². The average Bonchev–Trinajstić information content (AvgIpc) is 2.78. The summed E-state index contributed by atoms with van der Waals surface area (Å²) in [6, 6.07) is -1.44. The van der Waals surface area contributed by atoms with Crippen molar-refractivity contribution in [2.45, 2.75) is 26.3 Å². The van der Waals surface area contributed by atoms with Crippen LogP contribution in [0.4, 0.5) is 4.79 Å². The van der Waals surface area contributed by atoms with Crippen LogP contribution in [-0.4, -0.2) is 39.8 Å². The average molecular weight is 256 g/mol. The van der Waals surface area contributed by atoms with Crippen LogP contribution in [-0.2, 0) is 11.2 Å². The van der Waals surface area contributed by atoms with Crippen LogP contribution in [0.3, 0.4) is 0 Å². The molecule has 8 heteroatoms. The maximum atomic E-state index is 11.4. The molecule has 0 unspecified atom stereocenters. The van der Waals surface area contributed by atoms with Gasteiger partial charge in [0.1, 0.15) is 6.04 Å². The molecule has 0 aromatic carbocycles. The molecule has 0 fully saturated rings. The van der Waals surface area contributed by atoms with Gasteiger partial charge in [0.2, 0.25) is 5.89 Å².